The SMILES string of the molecule is Cc1ccc(S(=O)(=O)Nc2nnc(OC(C)O)s2)cc1. The van der Waals surface area contributed by atoms with Crippen molar-refractivity contribution in [2.24, 2.45) is 0 Å². The summed E-state index contributed by atoms with van der Waals surface area (Å²) in [4.78, 5) is 0.135. The number of nitrogens with one attached hydrogen (secondary N) is 1. The van der Waals surface area contributed by atoms with Gasteiger partial charge in [-0.3, -0.25) is 4.72 Å². The molecule has 0 aliphatic heterocycles. The van der Waals surface area contributed by atoms with E-state index < -0.39 is 16.3 Å². The number of rotatable bonds is 5. The van der Waals surface area contributed by atoms with Crippen molar-refractivity contribution in [3.8, 4) is 5.19 Å². The molecule has 0 saturated carbocycles. The van der Waals surface area contributed by atoms with E-state index in [1.807, 2.05) is 6.92 Å². The maximum atomic E-state index is 12.1. The number of hydrogen-bond donors (Lipinski definition) is 2. The zero-order valence-corrected chi connectivity index (χ0v) is 12.4. The fourth-order valence-electron chi connectivity index (χ4n) is 1.34. The fraction of sp³-hybridized carbons (Fsp3) is 0.273. The summed E-state index contributed by atoms with van der Waals surface area (Å²) < 4.78 is 31.4. The van der Waals surface area contributed by atoms with Gasteiger partial charge in [0.15, 0.2) is 6.29 Å². The van der Waals surface area contributed by atoms with E-state index in [0.717, 1.165) is 16.9 Å². The van der Waals surface area contributed by atoms with Gasteiger partial charge >= 0.3 is 0 Å². The van der Waals surface area contributed by atoms with Crippen molar-refractivity contribution in [1.82, 2.24) is 10.2 Å². The monoisotopic (exact) mass is 315 g/mol. The van der Waals surface area contributed by atoms with Crippen molar-refractivity contribution in [1.29, 1.82) is 0 Å². The average Bonchev–Trinajstić information content (AvgIpc) is 2.75. The molecule has 1 aromatic heterocycles. The van der Waals surface area contributed by atoms with E-state index in [1.165, 1.54) is 19.1 Å². The van der Waals surface area contributed by atoms with Gasteiger partial charge < -0.3 is 9.84 Å². The van der Waals surface area contributed by atoms with E-state index in [1.54, 1.807) is 12.1 Å². The Labute approximate surface area is 120 Å². The second-order valence-electron chi connectivity index (χ2n) is 4.01. The third kappa shape index (κ3) is 3.65. The quantitative estimate of drug-likeness (QED) is 0.808. The second kappa shape index (κ2) is 5.73. The van der Waals surface area contributed by atoms with Crippen LogP contribution in [0.3, 0.4) is 0 Å². The second-order valence-corrected chi connectivity index (χ2v) is 6.63. The van der Waals surface area contributed by atoms with Gasteiger partial charge in [0, 0.05) is 0 Å². The number of aryl methyl sites for hydroxylation is 1. The summed E-state index contributed by atoms with van der Waals surface area (Å²) >= 11 is 0.891. The molecule has 9 heteroatoms. The lowest BCUT2D eigenvalue weighted by Gasteiger charge is -2.04. The molecule has 2 rings (SSSR count). The Morgan fingerprint density at radius 3 is 2.55 bits per heavy atom. The number of benzene rings is 1. The predicted octanol–water partition coefficient (Wildman–Crippen LogP) is 1.36. The van der Waals surface area contributed by atoms with Crippen LogP contribution in [0, 0.1) is 6.92 Å². The minimum atomic E-state index is -3.71. The molecule has 7 nitrogen and oxygen atoms in total. The van der Waals surface area contributed by atoms with Gasteiger partial charge in [0.25, 0.3) is 15.2 Å². The van der Waals surface area contributed by atoms with E-state index in [4.69, 9.17) is 9.84 Å². The van der Waals surface area contributed by atoms with Crippen molar-refractivity contribution in [2.45, 2.75) is 25.0 Å². The van der Waals surface area contributed by atoms with E-state index in [0.29, 0.717) is 0 Å². The molecule has 1 heterocycles. The molecule has 2 aromatic rings. The van der Waals surface area contributed by atoms with Gasteiger partial charge in [-0.05, 0) is 37.3 Å². The molecule has 0 aliphatic carbocycles. The first-order chi connectivity index (χ1) is 9.37. The zero-order valence-electron chi connectivity index (χ0n) is 10.8. The Morgan fingerprint density at radius 1 is 1.30 bits per heavy atom. The minimum Gasteiger partial charge on any atom is -0.439 e. The summed E-state index contributed by atoms with van der Waals surface area (Å²) in [7, 11) is -3.71. The van der Waals surface area contributed by atoms with Crippen LogP contribution in [0.15, 0.2) is 29.2 Å². The maximum absolute atomic E-state index is 12.1. The Kier molecular flexibility index (Phi) is 4.21. The summed E-state index contributed by atoms with van der Waals surface area (Å²) in [6.45, 7) is 3.28. The van der Waals surface area contributed by atoms with Gasteiger partial charge in [-0.1, -0.05) is 22.8 Å². The molecule has 0 bridgehead atoms. The summed E-state index contributed by atoms with van der Waals surface area (Å²) in [6, 6.07) is 6.42. The molecule has 0 aliphatic rings. The normalized spacial score (nSPS) is 12.9. The minimum absolute atomic E-state index is 0.0706. The molecule has 2 N–H and O–H groups in total. The zero-order chi connectivity index (χ0) is 14.8. The van der Waals surface area contributed by atoms with E-state index in [9.17, 15) is 8.42 Å². The van der Waals surface area contributed by atoms with Crippen LogP contribution in [0.4, 0.5) is 5.13 Å². The summed E-state index contributed by atoms with van der Waals surface area (Å²) in [5.74, 6) is 0. The maximum Gasteiger partial charge on any atom is 0.298 e. The first-order valence-electron chi connectivity index (χ1n) is 5.64. The number of anilines is 1. The topological polar surface area (TPSA) is 101 Å². The number of nitrogens with zero attached hydrogens (tertiary/aromatic N) is 2. The Hall–Kier alpha value is -1.71. The highest BCUT2D eigenvalue weighted by atomic mass is 32.2. The van der Waals surface area contributed by atoms with Crippen LogP contribution in [0.25, 0.3) is 0 Å². The van der Waals surface area contributed by atoms with Crippen molar-refractivity contribution < 1.29 is 18.3 Å². The summed E-state index contributed by atoms with van der Waals surface area (Å²) in [5.41, 5.74) is 0.965. The number of aromatic nitrogens is 2. The fourth-order valence-corrected chi connectivity index (χ4v) is 3.23. The largest absolute Gasteiger partial charge is 0.439 e. The van der Waals surface area contributed by atoms with Crippen LogP contribution in [0.5, 0.6) is 5.19 Å². The molecular formula is C11H13N3O4S2. The molecule has 0 spiro atoms. The van der Waals surface area contributed by atoms with Crippen LogP contribution >= 0.6 is 11.3 Å². The standard InChI is InChI=1S/C11H13N3O4S2/c1-7-3-5-9(6-4-7)20(16,17)14-10-12-13-11(19-10)18-8(2)15/h3-6,8,15H,1-2H3,(H,12,14). The van der Waals surface area contributed by atoms with Gasteiger partial charge in [0.05, 0.1) is 4.90 Å². The van der Waals surface area contributed by atoms with Crippen LogP contribution in [0.2, 0.25) is 0 Å². The van der Waals surface area contributed by atoms with Gasteiger partial charge in [-0.25, -0.2) is 8.42 Å². The molecule has 0 amide bonds. The number of hydrogen-bond acceptors (Lipinski definition) is 7. The highest BCUT2D eigenvalue weighted by Gasteiger charge is 2.17. The molecular weight excluding hydrogens is 302 g/mol. The molecule has 1 aromatic carbocycles. The first kappa shape index (κ1) is 14.7. The molecule has 0 fully saturated rings. The predicted molar refractivity (Wildman–Crippen MR) is 74.2 cm³/mol. The van der Waals surface area contributed by atoms with Crippen molar-refractivity contribution in [2.75, 3.05) is 4.72 Å². The third-order valence-electron chi connectivity index (χ3n) is 2.23. The van der Waals surface area contributed by atoms with Crippen LogP contribution < -0.4 is 9.46 Å². The Morgan fingerprint density at radius 2 is 1.95 bits per heavy atom. The highest BCUT2D eigenvalue weighted by Crippen LogP contribution is 2.25. The van der Waals surface area contributed by atoms with Gasteiger partial charge in [-0.15, -0.1) is 5.10 Å². The lowest BCUT2D eigenvalue weighted by atomic mass is 10.2. The number of aliphatic hydroxyl groups excluding tert-OH is 1. The average molecular weight is 315 g/mol. The van der Waals surface area contributed by atoms with Crippen molar-refractivity contribution in [3.63, 3.8) is 0 Å². The summed E-state index contributed by atoms with van der Waals surface area (Å²) in [6.07, 6.45) is -1.04. The summed E-state index contributed by atoms with van der Waals surface area (Å²) in [5, 5.41) is 16.4. The first-order valence-corrected chi connectivity index (χ1v) is 7.94. The van der Waals surface area contributed by atoms with Gasteiger partial charge in [0.1, 0.15) is 0 Å². The van der Waals surface area contributed by atoms with Crippen LogP contribution in [-0.2, 0) is 10.0 Å². The lowest BCUT2D eigenvalue weighted by Crippen LogP contribution is -2.12. The molecule has 108 valence electrons. The van der Waals surface area contributed by atoms with E-state index in [-0.39, 0.29) is 15.2 Å². The smallest absolute Gasteiger partial charge is 0.298 e. The Bertz CT molecular complexity index is 680. The van der Waals surface area contributed by atoms with Crippen LogP contribution in [0.1, 0.15) is 12.5 Å². The lowest BCUT2D eigenvalue weighted by molar-refractivity contribution is -0.000941. The molecule has 1 unspecified atom stereocenters. The molecule has 0 radical (unpaired) electrons. The Balaban J connectivity index is 2.16. The highest BCUT2D eigenvalue weighted by molar-refractivity contribution is 7.93. The number of aliphatic hydroxyl groups is 1. The van der Waals surface area contributed by atoms with E-state index >= 15 is 0 Å². The third-order valence-corrected chi connectivity index (χ3v) is 4.44. The van der Waals surface area contributed by atoms with Gasteiger partial charge in [-0.2, -0.15) is 0 Å². The van der Waals surface area contributed by atoms with Gasteiger partial charge in [0.2, 0.25) is 5.13 Å². The van der Waals surface area contributed by atoms with Crippen LogP contribution in [-0.4, -0.2) is 30.0 Å². The number of ether oxygens (including phenoxy) is 1. The molecule has 20 heavy (non-hydrogen) atoms. The van der Waals surface area contributed by atoms with Crippen molar-refractivity contribution in [3.05, 3.63) is 29.8 Å². The molecule has 0 saturated heterocycles. The number of sulfonamides is 1. The van der Waals surface area contributed by atoms with Crippen molar-refractivity contribution >= 4 is 26.5 Å². The molecule has 1 atom stereocenters. The van der Waals surface area contributed by atoms with E-state index in [2.05, 4.69) is 14.9 Å².